The molecule has 130 valence electrons. The maximum Gasteiger partial charge on any atom is 0.328 e. The smallest absolute Gasteiger partial charge is 0.328 e. The number of esters is 1. The minimum absolute atomic E-state index is 0.281. The molecule has 3 rings (SSSR count). The van der Waals surface area contributed by atoms with Crippen LogP contribution >= 0.6 is 11.6 Å². The van der Waals surface area contributed by atoms with Gasteiger partial charge in [0.15, 0.2) is 5.75 Å². The van der Waals surface area contributed by atoms with E-state index in [0.717, 1.165) is 5.56 Å². The van der Waals surface area contributed by atoms with Gasteiger partial charge in [0.05, 0.1) is 19.3 Å². The molecular weight excluding hydrogens is 344 g/mol. The Morgan fingerprint density at radius 3 is 2.76 bits per heavy atom. The van der Waals surface area contributed by atoms with Gasteiger partial charge in [-0.3, -0.25) is 4.90 Å². The normalized spacial score (nSPS) is 13.6. The van der Waals surface area contributed by atoms with E-state index in [9.17, 15) is 9.59 Å². The predicted octanol–water partition coefficient (Wildman–Crippen LogP) is 3.72. The third-order valence-electron chi connectivity index (χ3n) is 3.87. The van der Waals surface area contributed by atoms with Crippen molar-refractivity contribution in [2.75, 3.05) is 12.0 Å². The Balaban J connectivity index is 1.98. The number of methoxy groups -OCH3 is 1. The highest BCUT2D eigenvalue weighted by atomic mass is 35.5. The molecule has 0 spiro atoms. The lowest BCUT2D eigenvalue weighted by Gasteiger charge is -2.24. The number of hydrogen-bond acceptors (Lipinski definition) is 4. The molecule has 1 heterocycles. The molecule has 1 atom stereocenters. The Hall–Kier alpha value is -2.73. The number of nitrogens with zero attached hydrogens (tertiary/aromatic N) is 1. The van der Waals surface area contributed by atoms with Gasteiger partial charge in [-0.1, -0.05) is 29.8 Å². The molecule has 2 amide bonds. The molecule has 0 bridgehead atoms. The number of anilines is 1. The van der Waals surface area contributed by atoms with E-state index in [1.54, 1.807) is 25.1 Å². The third kappa shape index (κ3) is 3.53. The van der Waals surface area contributed by atoms with E-state index in [0.29, 0.717) is 22.2 Å². The lowest BCUT2D eigenvalue weighted by molar-refractivity contribution is -0.142. The second kappa shape index (κ2) is 7.03. The zero-order chi connectivity index (χ0) is 18.0. The summed E-state index contributed by atoms with van der Waals surface area (Å²) < 4.78 is 10.6. The number of nitrogens with one attached hydrogen (secondary N) is 1. The average Bonchev–Trinajstić information content (AvgIpc) is 2.77. The number of carbonyl (C=O) groups excluding carboxylic acids is 2. The van der Waals surface area contributed by atoms with Crippen molar-refractivity contribution in [2.45, 2.75) is 19.5 Å². The standard InChI is InChI=1S/C18H17ClN2O4/c1-11(17(22)24-2)20-18(23)21-10-12-5-3-4-6-15(12)25-16-8-7-13(19)9-14(16)21/h3-9,11H,10H2,1-2H3,(H,20,23)/t11-/m0/s1. The molecule has 2 aromatic carbocycles. The number of halogens is 1. The fourth-order valence-electron chi connectivity index (χ4n) is 2.58. The number of urea groups is 1. The molecule has 7 heteroatoms. The van der Waals surface area contributed by atoms with Crippen molar-refractivity contribution in [1.82, 2.24) is 5.32 Å². The summed E-state index contributed by atoms with van der Waals surface area (Å²) >= 11 is 6.10. The number of benzene rings is 2. The predicted molar refractivity (Wildman–Crippen MR) is 94.2 cm³/mol. The van der Waals surface area contributed by atoms with Crippen LogP contribution in [0.15, 0.2) is 42.5 Å². The van der Waals surface area contributed by atoms with Gasteiger partial charge in [-0.2, -0.15) is 0 Å². The van der Waals surface area contributed by atoms with Crippen LogP contribution in [0, 0.1) is 0 Å². The molecule has 0 unspecified atom stereocenters. The summed E-state index contributed by atoms with van der Waals surface area (Å²) in [6.07, 6.45) is 0. The molecule has 1 aliphatic heterocycles. The first-order valence-corrected chi connectivity index (χ1v) is 8.08. The molecule has 0 radical (unpaired) electrons. The van der Waals surface area contributed by atoms with Crippen LogP contribution in [0.2, 0.25) is 5.02 Å². The zero-order valence-corrected chi connectivity index (χ0v) is 14.5. The molecule has 0 saturated carbocycles. The van der Waals surface area contributed by atoms with Crippen LogP contribution in [-0.2, 0) is 16.1 Å². The fourth-order valence-corrected chi connectivity index (χ4v) is 2.74. The number of fused-ring (bicyclic) bond motifs is 2. The Bertz CT molecular complexity index is 824. The van der Waals surface area contributed by atoms with Crippen molar-refractivity contribution in [1.29, 1.82) is 0 Å². The number of carbonyl (C=O) groups is 2. The van der Waals surface area contributed by atoms with E-state index in [1.807, 2.05) is 24.3 Å². The van der Waals surface area contributed by atoms with Gasteiger partial charge in [-0.05, 0) is 31.2 Å². The van der Waals surface area contributed by atoms with Crippen molar-refractivity contribution in [3.63, 3.8) is 0 Å². The second-order valence-corrected chi connectivity index (χ2v) is 6.04. The van der Waals surface area contributed by atoms with Crippen LogP contribution in [0.4, 0.5) is 10.5 Å². The summed E-state index contributed by atoms with van der Waals surface area (Å²) in [5, 5.41) is 3.11. The molecule has 6 nitrogen and oxygen atoms in total. The number of hydrogen-bond donors (Lipinski definition) is 1. The van der Waals surface area contributed by atoms with Gasteiger partial charge in [0.2, 0.25) is 0 Å². The van der Waals surface area contributed by atoms with Gasteiger partial charge in [0, 0.05) is 10.6 Å². The molecule has 1 aliphatic rings. The summed E-state index contributed by atoms with van der Waals surface area (Å²) in [6, 6.07) is 11.3. The SMILES string of the molecule is COC(=O)[C@H](C)NC(=O)N1Cc2ccccc2Oc2ccc(Cl)cc21. The molecule has 0 saturated heterocycles. The lowest BCUT2D eigenvalue weighted by Crippen LogP contribution is -2.46. The maximum absolute atomic E-state index is 12.8. The first-order valence-electron chi connectivity index (χ1n) is 7.70. The molecule has 0 aliphatic carbocycles. The molecule has 2 aromatic rings. The topological polar surface area (TPSA) is 67.9 Å². The van der Waals surface area contributed by atoms with Crippen LogP contribution < -0.4 is 15.0 Å². The van der Waals surface area contributed by atoms with Gasteiger partial charge < -0.3 is 14.8 Å². The van der Waals surface area contributed by atoms with Crippen LogP contribution in [-0.4, -0.2) is 25.2 Å². The van der Waals surface area contributed by atoms with E-state index in [-0.39, 0.29) is 6.54 Å². The van der Waals surface area contributed by atoms with Gasteiger partial charge >= 0.3 is 12.0 Å². The van der Waals surface area contributed by atoms with Gasteiger partial charge in [-0.25, -0.2) is 9.59 Å². The van der Waals surface area contributed by atoms with E-state index in [4.69, 9.17) is 16.3 Å². The maximum atomic E-state index is 12.8. The summed E-state index contributed by atoms with van der Waals surface area (Å²) in [5.41, 5.74) is 1.37. The number of ether oxygens (including phenoxy) is 2. The van der Waals surface area contributed by atoms with Crippen LogP contribution in [0.5, 0.6) is 11.5 Å². The number of para-hydroxylation sites is 1. The van der Waals surface area contributed by atoms with Gasteiger partial charge in [-0.15, -0.1) is 0 Å². The van der Waals surface area contributed by atoms with Gasteiger partial charge in [0.1, 0.15) is 11.8 Å². The second-order valence-electron chi connectivity index (χ2n) is 5.60. The Labute approximate surface area is 150 Å². The minimum Gasteiger partial charge on any atom is -0.467 e. The average molecular weight is 361 g/mol. The third-order valence-corrected chi connectivity index (χ3v) is 4.11. The summed E-state index contributed by atoms with van der Waals surface area (Å²) in [6.45, 7) is 1.84. The van der Waals surface area contributed by atoms with Crippen molar-refractivity contribution >= 4 is 29.3 Å². The highest BCUT2D eigenvalue weighted by molar-refractivity contribution is 6.31. The lowest BCUT2D eigenvalue weighted by atomic mass is 10.2. The van der Waals surface area contributed by atoms with Crippen molar-refractivity contribution < 1.29 is 19.1 Å². The minimum atomic E-state index is -0.778. The first-order chi connectivity index (χ1) is 12.0. The van der Waals surface area contributed by atoms with Crippen molar-refractivity contribution in [3.05, 3.63) is 53.1 Å². The largest absolute Gasteiger partial charge is 0.467 e. The van der Waals surface area contributed by atoms with Gasteiger partial charge in [0.25, 0.3) is 0 Å². The van der Waals surface area contributed by atoms with E-state index < -0.39 is 18.0 Å². The van der Waals surface area contributed by atoms with Crippen LogP contribution in [0.3, 0.4) is 0 Å². The monoisotopic (exact) mass is 360 g/mol. The Kier molecular flexibility index (Phi) is 4.81. The summed E-state index contributed by atoms with van der Waals surface area (Å²) in [4.78, 5) is 25.9. The highest BCUT2D eigenvalue weighted by Gasteiger charge is 2.27. The van der Waals surface area contributed by atoms with E-state index in [2.05, 4.69) is 10.1 Å². The Morgan fingerprint density at radius 2 is 2.00 bits per heavy atom. The molecule has 0 aromatic heterocycles. The quantitative estimate of drug-likeness (QED) is 0.829. The molecule has 1 N–H and O–H groups in total. The van der Waals surface area contributed by atoms with Crippen LogP contribution in [0.25, 0.3) is 0 Å². The molecular formula is C18H17ClN2O4. The Morgan fingerprint density at radius 1 is 1.24 bits per heavy atom. The van der Waals surface area contributed by atoms with E-state index in [1.165, 1.54) is 12.0 Å². The molecule has 0 fully saturated rings. The molecule has 25 heavy (non-hydrogen) atoms. The number of amides is 2. The van der Waals surface area contributed by atoms with Crippen molar-refractivity contribution in [3.8, 4) is 11.5 Å². The zero-order valence-electron chi connectivity index (χ0n) is 13.8. The van der Waals surface area contributed by atoms with Crippen molar-refractivity contribution in [2.24, 2.45) is 0 Å². The number of rotatable bonds is 2. The van der Waals surface area contributed by atoms with E-state index >= 15 is 0 Å². The summed E-state index contributed by atoms with van der Waals surface area (Å²) in [5.74, 6) is 0.656. The summed E-state index contributed by atoms with van der Waals surface area (Å²) in [7, 11) is 1.27. The first kappa shape index (κ1) is 17.1. The fraction of sp³-hybridized carbons (Fsp3) is 0.222. The highest BCUT2D eigenvalue weighted by Crippen LogP contribution is 2.40. The van der Waals surface area contributed by atoms with Crippen LogP contribution in [0.1, 0.15) is 12.5 Å².